The molecule has 1 amide bonds. The average Bonchev–Trinajstić information content (AvgIpc) is 2.78. The fraction of sp³-hybridized carbons (Fsp3) is 0.150. The van der Waals surface area contributed by atoms with E-state index in [4.69, 9.17) is 0 Å². The molecule has 1 aliphatic rings. The summed E-state index contributed by atoms with van der Waals surface area (Å²) in [5.74, 6) is -0.494. The average molecular weight is 305 g/mol. The van der Waals surface area contributed by atoms with E-state index < -0.39 is 11.6 Å². The van der Waals surface area contributed by atoms with Crippen LogP contribution in [-0.2, 0) is 16.9 Å². The van der Waals surface area contributed by atoms with Crippen LogP contribution in [0.1, 0.15) is 11.1 Å². The second-order valence-electron chi connectivity index (χ2n) is 6.00. The largest absolute Gasteiger partial charge is 0.312 e. The van der Waals surface area contributed by atoms with Gasteiger partial charge >= 0.3 is 0 Å². The highest BCUT2D eigenvalue weighted by molar-refractivity contribution is 6.07. The van der Waals surface area contributed by atoms with Crippen LogP contribution in [0.25, 0.3) is 10.8 Å². The lowest BCUT2D eigenvalue weighted by molar-refractivity contribution is -0.129. The molecular formula is C20H16FNO. The van der Waals surface area contributed by atoms with Gasteiger partial charge in [0.25, 0.3) is 5.91 Å². The molecule has 0 aromatic heterocycles. The van der Waals surface area contributed by atoms with Crippen LogP contribution in [0, 0.1) is 0 Å². The maximum absolute atomic E-state index is 15.8. The smallest absolute Gasteiger partial charge is 0.269 e. The molecule has 3 heteroatoms. The van der Waals surface area contributed by atoms with Gasteiger partial charge in [-0.05, 0) is 22.4 Å². The van der Waals surface area contributed by atoms with Crippen LogP contribution in [0.2, 0.25) is 0 Å². The third-order valence-corrected chi connectivity index (χ3v) is 4.65. The fourth-order valence-electron chi connectivity index (χ4n) is 3.47. The number of hydrogen-bond donors (Lipinski definition) is 0. The lowest BCUT2D eigenvalue weighted by Crippen LogP contribution is -2.36. The first-order valence-corrected chi connectivity index (χ1v) is 7.64. The van der Waals surface area contributed by atoms with Gasteiger partial charge in [-0.3, -0.25) is 4.79 Å². The molecule has 0 saturated heterocycles. The number of fused-ring (bicyclic) bond motifs is 2. The van der Waals surface area contributed by atoms with E-state index in [2.05, 4.69) is 0 Å². The molecule has 0 aliphatic carbocycles. The molecule has 1 aliphatic heterocycles. The highest BCUT2D eigenvalue weighted by Gasteiger charge is 2.50. The highest BCUT2D eigenvalue weighted by Crippen LogP contribution is 2.44. The normalized spacial score (nSPS) is 20.1. The van der Waals surface area contributed by atoms with Gasteiger partial charge in [0.1, 0.15) is 0 Å². The van der Waals surface area contributed by atoms with Gasteiger partial charge in [0, 0.05) is 19.0 Å². The summed E-state index contributed by atoms with van der Waals surface area (Å²) in [5.41, 5.74) is -0.0418. The number of nitrogens with zero attached hydrogens (tertiary/aromatic N) is 1. The molecule has 0 radical (unpaired) electrons. The Morgan fingerprint density at radius 3 is 2.52 bits per heavy atom. The molecule has 3 aromatic carbocycles. The van der Waals surface area contributed by atoms with E-state index in [0.717, 1.165) is 16.3 Å². The second kappa shape index (κ2) is 4.92. The summed E-state index contributed by atoms with van der Waals surface area (Å²) in [5, 5.41) is 2.05. The Hall–Kier alpha value is -2.68. The molecular weight excluding hydrogens is 289 g/mol. The zero-order valence-corrected chi connectivity index (χ0v) is 12.8. The Labute approximate surface area is 134 Å². The van der Waals surface area contributed by atoms with Crippen molar-refractivity contribution in [3.63, 3.8) is 0 Å². The van der Waals surface area contributed by atoms with Gasteiger partial charge in [-0.25, -0.2) is 4.39 Å². The van der Waals surface area contributed by atoms with Crippen molar-refractivity contribution in [3.8, 4) is 0 Å². The van der Waals surface area contributed by atoms with Crippen LogP contribution >= 0.6 is 0 Å². The SMILES string of the molecule is CN1C(=O)C(F)(Cc2cccc3ccccc23)c2ccccc21. The Balaban J connectivity index is 1.86. The van der Waals surface area contributed by atoms with E-state index in [0.29, 0.717) is 11.3 Å². The molecule has 1 unspecified atom stereocenters. The number of anilines is 1. The molecule has 2 nitrogen and oxygen atoms in total. The van der Waals surface area contributed by atoms with E-state index in [1.165, 1.54) is 4.90 Å². The maximum Gasteiger partial charge on any atom is 0.269 e. The summed E-state index contributed by atoms with van der Waals surface area (Å²) >= 11 is 0. The number of hydrogen-bond acceptors (Lipinski definition) is 1. The molecule has 3 aromatic rings. The topological polar surface area (TPSA) is 20.3 Å². The van der Waals surface area contributed by atoms with Crippen molar-refractivity contribution in [2.75, 3.05) is 11.9 Å². The standard InChI is InChI=1S/C20H16FNO/c1-22-18-12-5-4-11-17(18)20(21,19(22)23)13-15-9-6-8-14-7-2-3-10-16(14)15/h2-12H,13H2,1H3. The fourth-order valence-corrected chi connectivity index (χ4v) is 3.47. The molecule has 0 saturated carbocycles. The Bertz CT molecular complexity index is 915. The van der Waals surface area contributed by atoms with Gasteiger partial charge in [-0.2, -0.15) is 0 Å². The van der Waals surface area contributed by atoms with E-state index in [-0.39, 0.29) is 6.42 Å². The molecule has 0 fully saturated rings. The van der Waals surface area contributed by atoms with E-state index in [9.17, 15) is 4.79 Å². The molecule has 23 heavy (non-hydrogen) atoms. The number of likely N-dealkylation sites (N-methyl/N-ethyl adjacent to an activating group) is 1. The monoisotopic (exact) mass is 305 g/mol. The number of rotatable bonds is 2. The van der Waals surface area contributed by atoms with Crippen LogP contribution < -0.4 is 4.90 Å². The molecule has 0 N–H and O–H groups in total. The predicted molar refractivity (Wildman–Crippen MR) is 90.3 cm³/mol. The van der Waals surface area contributed by atoms with Crippen molar-refractivity contribution in [1.82, 2.24) is 0 Å². The quantitative estimate of drug-likeness (QED) is 0.694. The van der Waals surface area contributed by atoms with Gasteiger partial charge in [0.2, 0.25) is 5.67 Å². The van der Waals surface area contributed by atoms with E-state index in [1.54, 1.807) is 25.2 Å². The van der Waals surface area contributed by atoms with Crippen molar-refractivity contribution in [3.05, 3.63) is 77.9 Å². The van der Waals surface area contributed by atoms with Crippen molar-refractivity contribution < 1.29 is 9.18 Å². The number of amides is 1. The Morgan fingerprint density at radius 1 is 0.957 bits per heavy atom. The summed E-state index contributed by atoms with van der Waals surface area (Å²) in [6.45, 7) is 0. The van der Waals surface area contributed by atoms with Gasteiger partial charge < -0.3 is 4.90 Å². The van der Waals surface area contributed by atoms with Crippen molar-refractivity contribution in [1.29, 1.82) is 0 Å². The maximum atomic E-state index is 15.8. The predicted octanol–water partition coefficient (Wildman–Crippen LogP) is 4.22. The number of benzene rings is 3. The van der Waals surface area contributed by atoms with Crippen molar-refractivity contribution in [2.24, 2.45) is 0 Å². The summed E-state index contributed by atoms with van der Waals surface area (Å²) in [4.78, 5) is 14.0. The molecule has 0 bridgehead atoms. The summed E-state index contributed by atoms with van der Waals surface area (Å²) in [6.07, 6.45) is 0.0501. The van der Waals surface area contributed by atoms with Crippen LogP contribution in [0.5, 0.6) is 0 Å². The third-order valence-electron chi connectivity index (χ3n) is 4.65. The lowest BCUT2D eigenvalue weighted by Gasteiger charge is -2.20. The number of carbonyl (C=O) groups excluding carboxylic acids is 1. The molecule has 4 rings (SSSR count). The van der Waals surface area contributed by atoms with E-state index >= 15 is 4.39 Å². The minimum Gasteiger partial charge on any atom is -0.312 e. The zero-order chi connectivity index (χ0) is 16.0. The number of halogens is 1. The third kappa shape index (κ3) is 1.96. The number of carbonyl (C=O) groups is 1. The van der Waals surface area contributed by atoms with Gasteiger partial charge in [0.15, 0.2) is 0 Å². The second-order valence-corrected chi connectivity index (χ2v) is 6.00. The summed E-state index contributed by atoms with van der Waals surface area (Å²) in [6, 6.07) is 20.8. The van der Waals surface area contributed by atoms with Crippen LogP contribution in [0.4, 0.5) is 10.1 Å². The zero-order valence-electron chi connectivity index (χ0n) is 12.8. The van der Waals surface area contributed by atoms with Crippen LogP contribution in [0.3, 0.4) is 0 Å². The highest BCUT2D eigenvalue weighted by atomic mass is 19.1. The first-order valence-electron chi connectivity index (χ1n) is 7.64. The molecule has 1 atom stereocenters. The van der Waals surface area contributed by atoms with Crippen LogP contribution in [0.15, 0.2) is 66.7 Å². The molecule has 0 spiro atoms. The summed E-state index contributed by atoms with van der Waals surface area (Å²) < 4.78 is 15.8. The minimum absolute atomic E-state index is 0.0501. The molecule has 114 valence electrons. The summed E-state index contributed by atoms with van der Waals surface area (Å²) in [7, 11) is 1.63. The molecule has 1 heterocycles. The minimum atomic E-state index is -2.00. The van der Waals surface area contributed by atoms with Crippen LogP contribution in [-0.4, -0.2) is 13.0 Å². The first-order chi connectivity index (χ1) is 11.1. The Kier molecular flexibility index (Phi) is 2.98. The van der Waals surface area contributed by atoms with Gasteiger partial charge in [0.05, 0.1) is 5.69 Å². The number of alkyl halides is 1. The van der Waals surface area contributed by atoms with E-state index in [1.807, 2.05) is 48.5 Å². The van der Waals surface area contributed by atoms with Crippen molar-refractivity contribution in [2.45, 2.75) is 12.1 Å². The van der Waals surface area contributed by atoms with Gasteiger partial charge in [-0.1, -0.05) is 60.7 Å². The van der Waals surface area contributed by atoms with Gasteiger partial charge in [-0.15, -0.1) is 0 Å². The van der Waals surface area contributed by atoms with Crippen molar-refractivity contribution >= 4 is 22.4 Å². The number of para-hydroxylation sites is 1. The Morgan fingerprint density at radius 2 is 1.65 bits per heavy atom. The lowest BCUT2D eigenvalue weighted by atomic mass is 9.88. The first kappa shape index (κ1) is 13.9.